The first-order valence-electron chi connectivity index (χ1n) is 7.49. The third kappa shape index (κ3) is 3.70. The Balaban J connectivity index is 1.77. The van der Waals surface area contributed by atoms with Crippen molar-refractivity contribution in [2.75, 3.05) is 12.4 Å². The summed E-state index contributed by atoms with van der Waals surface area (Å²) in [7, 11) is 1.65. The minimum atomic E-state index is 0.427. The van der Waals surface area contributed by atoms with Gasteiger partial charge in [0.25, 0.3) is 0 Å². The second-order valence-electron chi connectivity index (χ2n) is 5.09. The molecule has 0 amide bonds. The highest BCUT2D eigenvalue weighted by atomic mass is 32.1. The molecule has 0 heterocycles. The molecule has 3 aromatic rings. The Morgan fingerprint density at radius 1 is 1.00 bits per heavy atom. The van der Waals surface area contributed by atoms with Gasteiger partial charge in [0.05, 0.1) is 13.3 Å². The molecule has 4 nitrogen and oxygen atoms in total. The summed E-state index contributed by atoms with van der Waals surface area (Å²) in [6.07, 6.45) is 1.72. The number of thiocarbonyl (C=S) groups is 1. The molecule has 0 spiro atoms. The van der Waals surface area contributed by atoms with Crippen LogP contribution in [0.15, 0.2) is 71.8 Å². The van der Waals surface area contributed by atoms with E-state index in [1.807, 2.05) is 60.7 Å². The highest BCUT2D eigenvalue weighted by Crippen LogP contribution is 2.26. The predicted octanol–water partition coefficient (Wildman–Crippen LogP) is 4.17. The highest BCUT2D eigenvalue weighted by molar-refractivity contribution is 7.80. The van der Waals surface area contributed by atoms with Crippen LogP contribution in [0.3, 0.4) is 0 Å². The van der Waals surface area contributed by atoms with Crippen molar-refractivity contribution < 1.29 is 4.74 Å². The Hall–Kier alpha value is -2.92. The van der Waals surface area contributed by atoms with Crippen LogP contribution in [0.2, 0.25) is 0 Å². The van der Waals surface area contributed by atoms with E-state index in [-0.39, 0.29) is 0 Å². The lowest BCUT2D eigenvalue weighted by Crippen LogP contribution is -2.23. The molecule has 3 aromatic carbocycles. The van der Waals surface area contributed by atoms with Crippen LogP contribution >= 0.6 is 12.2 Å². The molecule has 0 aromatic heterocycles. The van der Waals surface area contributed by atoms with Gasteiger partial charge in [0.2, 0.25) is 0 Å². The summed E-state index contributed by atoms with van der Waals surface area (Å²) >= 11 is 5.24. The van der Waals surface area contributed by atoms with Crippen molar-refractivity contribution in [1.82, 2.24) is 5.43 Å². The number of rotatable bonds is 4. The molecule has 0 unspecified atom stereocenters. The molecule has 0 aliphatic heterocycles. The maximum absolute atomic E-state index is 5.44. The first-order chi connectivity index (χ1) is 11.8. The number of nitrogens with one attached hydrogen (secondary N) is 2. The number of hydrogen-bond donors (Lipinski definition) is 2. The molecule has 0 atom stereocenters. The Bertz CT molecular complexity index is 878. The Labute approximate surface area is 146 Å². The Morgan fingerprint density at radius 3 is 2.54 bits per heavy atom. The van der Waals surface area contributed by atoms with Gasteiger partial charge >= 0.3 is 0 Å². The fourth-order valence-corrected chi connectivity index (χ4v) is 2.59. The van der Waals surface area contributed by atoms with E-state index in [4.69, 9.17) is 17.0 Å². The lowest BCUT2D eigenvalue weighted by Gasteiger charge is -2.09. The number of fused-ring (bicyclic) bond motifs is 1. The molecule has 0 aliphatic carbocycles. The van der Waals surface area contributed by atoms with Crippen molar-refractivity contribution in [3.63, 3.8) is 0 Å². The van der Waals surface area contributed by atoms with Crippen LogP contribution in [0.4, 0.5) is 5.69 Å². The summed E-state index contributed by atoms with van der Waals surface area (Å²) in [6, 6.07) is 21.8. The van der Waals surface area contributed by atoms with Gasteiger partial charge in [-0.3, -0.25) is 5.43 Å². The number of hydrazone groups is 1. The van der Waals surface area contributed by atoms with Crippen LogP contribution in [0.1, 0.15) is 5.56 Å². The molecule has 0 saturated heterocycles. The third-order valence-electron chi connectivity index (χ3n) is 3.54. The number of methoxy groups -OCH3 is 1. The van der Waals surface area contributed by atoms with Gasteiger partial charge in [-0.1, -0.05) is 48.5 Å². The number of nitrogens with zero attached hydrogens (tertiary/aromatic N) is 1. The largest absolute Gasteiger partial charge is 0.496 e. The van der Waals surface area contributed by atoms with E-state index in [1.165, 1.54) is 0 Å². The van der Waals surface area contributed by atoms with Crippen LogP contribution in [0.25, 0.3) is 10.8 Å². The second kappa shape index (κ2) is 7.57. The second-order valence-corrected chi connectivity index (χ2v) is 5.50. The fourth-order valence-electron chi connectivity index (χ4n) is 2.42. The van der Waals surface area contributed by atoms with Crippen molar-refractivity contribution in [2.45, 2.75) is 0 Å². The van der Waals surface area contributed by atoms with E-state index < -0.39 is 0 Å². The highest BCUT2D eigenvalue weighted by Gasteiger charge is 2.05. The number of para-hydroxylation sites is 1. The van der Waals surface area contributed by atoms with Crippen LogP contribution < -0.4 is 15.5 Å². The number of hydrogen-bond acceptors (Lipinski definition) is 3. The Morgan fingerprint density at radius 2 is 1.75 bits per heavy atom. The summed E-state index contributed by atoms with van der Waals surface area (Å²) in [5.74, 6) is 0.765. The lowest BCUT2D eigenvalue weighted by molar-refractivity contribution is 0.415. The average Bonchev–Trinajstić information content (AvgIpc) is 2.62. The quantitative estimate of drug-likeness (QED) is 0.427. The van der Waals surface area contributed by atoms with Crippen molar-refractivity contribution in [1.29, 1.82) is 0 Å². The van der Waals surface area contributed by atoms with Crippen molar-refractivity contribution in [3.8, 4) is 5.75 Å². The van der Waals surface area contributed by atoms with Gasteiger partial charge in [0, 0.05) is 11.3 Å². The average molecular weight is 335 g/mol. The van der Waals surface area contributed by atoms with Gasteiger partial charge in [-0.05, 0) is 41.2 Å². The maximum Gasteiger partial charge on any atom is 0.191 e. The van der Waals surface area contributed by atoms with Crippen LogP contribution in [0.5, 0.6) is 5.75 Å². The van der Waals surface area contributed by atoms with E-state index in [0.29, 0.717) is 5.11 Å². The molecule has 24 heavy (non-hydrogen) atoms. The molecule has 0 bridgehead atoms. The molecular formula is C19H17N3OS. The smallest absolute Gasteiger partial charge is 0.191 e. The van der Waals surface area contributed by atoms with Crippen molar-refractivity contribution in [3.05, 3.63) is 72.3 Å². The van der Waals surface area contributed by atoms with Crippen LogP contribution in [-0.2, 0) is 0 Å². The molecule has 2 N–H and O–H groups in total. The van der Waals surface area contributed by atoms with Gasteiger partial charge < -0.3 is 10.1 Å². The van der Waals surface area contributed by atoms with Crippen LogP contribution in [-0.4, -0.2) is 18.4 Å². The summed E-state index contributed by atoms with van der Waals surface area (Å²) in [5.41, 5.74) is 4.65. The molecular weight excluding hydrogens is 318 g/mol. The SMILES string of the molecule is COc1ccc2ccccc2c1/C=N\NC(=S)Nc1ccccc1. The van der Waals surface area contributed by atoms with Gasteiger partial charge in [-0.15, -0.1) is 0 Å². The Kier molecular flexibility index (Phi) is 5.03. The number of ether oxygens (including phenoxy) is 1. The zero-order valence-corrected chi connectivity index (χ0v) is 14.0. The van der Waals surface area contributed by atoms with E-state index >= 15 is 0 Å². The van der Waals surface area contributed by atoms with Crippen molar-refractivity contribution >= 4 is 40.0 Å². The van der Waals surface area contributed by atoms with Gasteiger partial charge in [0.15, 0.2) is 5.11 Å². The molecule has 0 fully saturated rings. The fraction of sp³-hybridized carbons (Fsp3) is 0.0526. The topological polar surface area (TPSA) is 45.6 Å². The normalized spacial score (nSPS) is 10.7. The first kappa shape index (κ1) is 16.0. The minimum Gasteiger partial charge on any atom is -0.496 e. The zero-order chi connectivity index (χ0) is 16.8. The van der Waals surface area contributed by atoms with E-state index in [2.05, 4.69) is 21.9 Å². The third-order valence-corrected chi connectivity index (χ3v) is 3.74. The molecule has 0 radical (unpaired) electrons. The summed E-state index contributed by atoms with van der Waals surface area (Å²) in [4.78, 5) is 0. The minimum absolute atomic E-state index is 0.427. The monoisotopic (exact) mass is 335 g/mol. The number of benzene rings is 3. The molecule has 0 saturated carbocycles. The van der Waals surface area contributed by atoms with Crippen molar-refractivity contribution in [2.24, 2.45) is 5.10 Å². The van der Waals surface area contributed by atoms with Gasteiger partial charge in [0.1, 0.15) is 5.75 Å². The zero-order valence-electron chi connectivity index (χ0n) is 13.2. The summed E-state index contributed by atoms with van der Waals surface area (Å²) in [5, 5.41) is 9.94. The van der Waals surface area contributed by atoms with Gasteiger partial charge in [-0.2, -0.15) is 5.10 Å². The van der Waals surface area contributed by atoms with Crippen LogP contribution in [0, 0.1) is 0 Å². The molecule has 120 valence electrons. The lowest BCUT2D eigenvalue weighted by atomic mass is 10.0. The molecule has 3 rings (SSSR count). The summed E-state index contributed by atoms with van der Waals surface area (Å²) in [6.45, 7) is 0. The van der Waals surface area contributed by atoms with Gasteiger partial charge in [-0.25, -0.2) is 0 Å². The van der Waals surface area contributed by atoms with E-state index in [0.717, 1.165) is 27.8 Å². The maximum atomic E-state index is 5.44. The first-order valence-corrected chi connectivity index (χ1v) is 7.89. The van der Waals surface area contributed by atoms with E-state index in [1.54, 1.807) is 13.3 Å². The molecule has 5 heteroatoms. The van der Waals surface area contributed by atoms with E-state index in [9.17, 15) is 0 Å². The molecule has 0 aliphatic rings. The number of anilines is 1. The predicted molar refractivity (Wildman–Crippen MR) is 104 cm³/mol. The summed E-state index contributed by atoms with van der Waals surface area (Å²) < 4.78 is 5.44. The standard InChI is InChI=1S/C19H17N3OS/c1-23-18-12-11-14-7-5-6-10-16(14)17(18)13-20-22-19(24)21-15-8-3-2-4-9-15/h2-13H,1H3,(H2,21,22,24)/b20-13-.